The Morgan fingerprint density at radius 3 is 2.17 bits per heavy atom. The van der Waals surface area contributed by atoms with Crippen LogP contribution in [0.15, 0.2) is 42.5 Å². The fourth-order valence-corrected chi connectivity index (χ4v) is 1.90. The molecule has 0 aliphatic rings. The molecule has 2 N–H and O–H groups in total. The molecule has 0 unspecified atom stereocenters. The van der Waals surface area contributed by atoms with Crippen molar-refractivity contribution in [2.75, 3.05) is 0 Å². The van der Waals surface area contributed by atoms with E-state index in [4.69, 9.17) is 31.3 Å². The molecule has 0 aliphatic carbocycles. The standard InChI is InChI=1S/C16H13ClO6/c1-9(15(18)19)22-11-3-5-12(6-4-11)23-14-7-2-10(16(20)21)8-13(14)17/h2-9H,1H3,(H,18,19)(H,20,21)/t9-/m1/s1. The van der Waals surface area contributed by atoms with Gasteiger partial charge in [0, 0.05) is 0 Å². The van der Waals surface area contributed by atoms with Crippen molar-refractivity contribution in [2.45, 2.75) is 13.0 Å². The van der Waals surface area contributed by atoms with Crippen molar-refractivity contribution in [2.24, 2.45) is 0 Å². The number of aliphatic carboxylic acids is 1. The summed E-state index contributed by atoms with van der Waals surface area (Å²) in [5, 5.41) is 17.8. The molecule has 0 bridgehead atoms. The van der Waals surface area contributed by atoms with Gasteiger partial charge in [0.1, 0.15) is 17.2 Å². The highest BCUT2D eigenvalue weighted by atomic mass is 35.5. The van der Waals surface area contributed by atoms with Crippen LogP contribution in [0.5, 0.6) is 17.2 Å². The number of hydrogen-bond acceptors (Lipinski definition) is 4. The summed E-state index contributed by atoms with van der Waals surface area (Å²) in [6, 6.07) is 10.4. The number of ether oxygens (including phenoxy) is 2. The highest BCUT2D eigenvalue weighted by Crippen LogP contribution is 2.31. The monoisotopic (exact) mass is 336 g/mol. The maximum Gasteiger partial charge on any atom is 0.344 e. The van der Waals surface area contributed by atoms with Crippen molar-refractivity contribution in [1.82, 2.24) is 0 Å². The van der Waals surface area contributed by atoms with Crippen LogP contribution in [-0.2, 0) is 4.79 Å². The molecule has 0 heterocycles. The second kappa shape index (κ2) is 7.02. The summed E-state index contributed by atoms with van der Waals surface area (Å²) in [7, 11) is 0. The van der Waals surface area contributed by atoms with Crippen molar-refractivity contribution in [3.63, 3.8) is 0 Å². The zero-order valence-electron chi connectivity index (χ0n) is 12.0. The van der Waals surface area contributed by atoms with Gasteiger partial charge in [0.25, 0.3) is 0 Å². The minimum Gasteiger partial charge on any atom is -0.479 e. The van der Waals surface area contributed by atoms with E-state index in [0.29, 0.717) is 17.2 Å². The Balaban J connectivity index is 2.09. The van der Waals surface area contributed by atoms with Gasteiger partial charge in [0.05, 0.1) is 10.6 Å². The molecule has 2 aromatic rings. The van der Waals surface area contributed by atoms with Gasteiger partial charge in [-0.15, -0.1) is 0 Å². The molecule has 23 heavy (non-hydrogen) atoms. The second-order valence-electron chi connectivity index (χ2n) is 4.62. The van der Waals surface area contributed by atoms with Crippen LogP contribution in [0.1, 0.15) is 17.3 Å². The van der Waals surface area contributed by atoms with Crippen LogP contribution < -0.4 is 9.47 Å². The molecule has 2 aromatic carbocycles. The predicted molar refractivity (Wildman–Crippen MR) is 82.7 cm³/mol. The van der Waals surface area contributed by atoms with E-state index in [-0.39, 0.29) is 10.6 Å². The lowest BCUT2D eigenvalue weighted by Crippen LogP contribution is -2.22. The van der Waals surface area contributed by atoms with Crippen LogP contribution in [0.25, 0.3) is 0 Å². The number of halogens is 1. The molecule has 6 nitrogen and oxygen atoms in total. The Morgan fingerprint density at radius 1 is 1.04 bits per heavy atom. The Hall–Kier alpha value is -2.73. The first-order valence-corrected chi connectivity index (χ1v) is 6.95. The van der Waals surface area contributed by atoms with Gasteiger partial charge >= 0.3 is 11.9 Å². The third kappa shape index (κ3) is 4.37. The Bertz CT molecular complexity index is 726. The Labute approximate surface area is 136 Å². The third-order valence-electron chi connectivity index (χ3n) is 2.89. The van der Waals surface area contributed by atoms with Crippen molar-refractivity contribution >= 4 is 23.5 Å². The topological polar surface area (TPSA) is 93.1 Å². The van der Waals surface area contributed by atoms with Crippen LogP contribution in [0, 0.1) is 0 Å². The number of hydrogen-bond donors (Lipinski definition) is 2. The molecule has 0 amide bonds. The summed E-state index contributed by atoms with van der Waals surface area (Å²) < 4.78 is 10.8. The molecule has 0 saturated carbocycles. The SMILES string of the molecule is C[C@@H](Oc1ccc(Oc2ccc(C(=O)O)cc2Cl)cc1)C(=O)O. The van der Waals surface area contributed by atoms with Crippen molar-refractivity contribution in [3.05, 3.63) is 53.1 Å². The van der Waals surface area contributed by atoms with Gasteiger partial charge in [0.2, 0.25) is 0 Å². The van der Waals surface area contributed by atoms with Crippen molar-refractivity contribution in [3.8, 4) is 17.2 Å². The van der Waals surface area contributed by atoms with E-state index in [1.54, 1.807) is 24.3 Å². The lowest BCUT2D eigenvalue weighted by Gasteiger charge is -2.12. The summed E-state index contributed by atoms with van der Waals surface area (Å²) in [6.07, 6.45) is -0.959. The minimum absolute atomic E-state index is 0.0637. The summed E-state index contributed by atoms with van der Waals surface area (Å²) in [5.41, 5.74) is 0.0637. The van der Waals surface area contributed by atoms with Gasteiger partial charge in [-0.25, -0.2) is 9.59 Å². The van der Waals surface area contributed by atoms with Crippen LogP contribution in [0.4, 0.5) is 0 Å². The number of carbonyl (C=O) groups is 2. The van der Waals surface area contributed by atoms with E-state index in [1.807, 2.05) is 0 Å². The van der Waals surface area contributed by atoms with Gasteiger partial charge in [-0.1, -0.05) is 11.6 Å². The van der Waals surface area contributed by atoms with Crippen molar-refractivity contribution in [1.29, 1.82) is 0 Å². The van der Waals surface area contributed by atoms with Gasteiger partial charge in [-0.2, -0.15) is 0 Å². The molecule has 0 saturated heterocycles. The van der Waals surface area contributed by atoms with E-state index < -0.39 is 18.0 Å². The molecule has 0 spiro atoms. The molecule has 2 rings (SSSR count). The van der Waals surface area contributed by atoms with E-state index in [9.17, 15) is 9.59 Å². The van der Waals surface area contributed by atoms with Crippen LogP contribution >= 0.6 is 11.6 Å². The highest BCUT2D eigenvalue weighted by molar-refractivity contribution is 6.32. The fraction of sp³-hybridized carbons (Fsp3) is 0.125. The average Bonchev–Trinajstić information content (AvgIpc) is 2.50. The van der Waals surface area contributed by atoms with Crippen LogP contribution in [0.2, 0.25) is 5.02 Å². The van der Waals surface area contributed by atoms with E-state index in [1.165, 1.54) is 25.1 Å². The quantitative estimate of drug-likeness (QED) is 0.835. The highest BCUT2D eigenvalue weighted by Gasteiger charge is 2.12. The van der Waals surface area contributed by atoms with Crippen LogP contribution in [0.3, 0.4) is 0 Å². The number of carboxylic acid groups (broad SMARTS) is 2. The molecule has 0 aliphatic heterocycles. The largest absolute Gasteiger partial charge is 0.479 e. The first-order chi connectivity index (χ1) is 10.9. The number of aromatic carboxylic acids is 1. The zero-order valence-corrected chi connectivity index (χ0v) is 12.8. The number of benzene rings is 2. The summed E-state index contributed by atoms with van der Waals surface area (Å²) in [5.74, 6) is -0.989. The third-order valence-corrected chi connectivity index (χ3v) is 3.19. The van der Waals surface area contributed by atoms with Gasteiger partial charge in [-0.3, -0.25) is 0 Å². The van der Waals surface area contributed by atoms with Gasteiger partial charge in [0.15, 0.2) is 6.10 Å². The smallest absolute Gasteiger partial charge is 0.344 e. The summed E-state index contributed by atoms with van der Waals surface area (Å²) in [6.45, 7) is 1.43. The summed E-state index contributed by atoms with van der Waals surface area (Å²) >= 11 is 5.98. The first kappa shape index (κ1) is 16.6. The Morgan fingerprint density at radius 2 is 1.65 bits per heavy atom. The van der Waals surface area contributed by atoms with Gasteiger partial charge < -0.3 is 19.7 Å². The van der Waals surface area contributed by atoms with E-state index in [2.05, 4.69) is 0 Å². The Kier molecular flexibility index (Phi) is 5.08. The molecule has 0 aromatic heterocycles. The average molecular weight is 337 g/mol. The van der Waals surface area contributed by atoms with E-state index in [0.717, 1.165) is 0 Å². The molecule has 0 radical (unpaired) electrons. The maximum absolute atomic E-state index is 10.8. The molecule has 0 fully saturated rings. The molecular weight excluding hydrogens is 324 g/mol. The molecule has 7 heteroatoms. The van der Waals surface area contributed by atoms with Gasteiger partial charge in [-0.05, 0) is 49.4 Å². The zero-order chi connectivity index (χ0) is 17.0. The van der Waals surface area contributed by atoms with E-state index >= 15 is 0 Å². The maximum atomic E-state index is 10.8. The lowest BCUT2D eigenvalue weighted by molar-refractivity contribution is -0.144. The summed E-state index contributed by atoms with van der Waals surface area (Å²) in [4.78, 5) is 21.6. The number of rotatable bonds is 6. The predicted octanol–water partition coefficient (Wildman–Crippen LogP) is 3.68. The van der Waals surface area contributed by atoms with Crippen LogP contribution in [-0.4, -0.2) is 28.3 Å². The molecule has 1 atom stereocenters. The number of carboxylic acids is 2. The molecule has 120 valence electrons. The fourth-order valence-electron chi connectivity index (χ4n) is 1.68. The second-order valence-corrected chi connectivity index (χ2v) is 5.03. The normalized spacial score (nSPS) is 11.6. The molecular formula is C16H13ClO6. The lowest BCUT2D eigenvalue weighted by atomic mass is 10.2. The minimum atomic E-state index is -1.08. The van der Waals surface area contributed by atoms with Crippen molar-refractivity contribution < 1.29 is 29.3 Å². The first-order valence-electron chi connectivity index (χ1n) is 6.57.